The molecule has 5 heteroatoms. The summed E-state index contributed by atoms with van der Waals surface area (Å²) in [7, 11) is 0. The first kappa shape index (κ1) is 15.6. The van der Waals surface area contributed by atoms with Gasteiger partial charge in [0.1, 0.15) is 18.5 Å². The van der Waals surface area contributed by atoms with E-state index in [1.165, 1.54) is 0 Å². The maximum absolute atomic E-state index is 9.71. The molecule has 102 valence electrons. The van der Waals surface area contributed by atoms with Gasteiger partial charge >= 0.3 is 0 Å². The molecule has 0 saturated heterocycles. The van der Waals surface area contributed by atoms with Crippen LogP contribution in [0.1, 0.15) is 13.8 Å². The average molecular weight is 292 g/mol. The topological polar surface area (TPSA) is 41.5 Å². The van der Waals surface area contributed by atoms with Gasteiger partial charge in [-0.2, -0.15) is 0 Å². The smallest absolute Gasteiger partial charge is 0.122 e. The van der Waals surface area contributed by atoms with Crippen LogP contribution < -0.4 is 10.1 Å². The van der Waals surface area contributed by atoms with Crippen LogP contribution in [0.25, 0.3) is 0 Å². The predicted molar refractivity (Wildman–Crippen MR) is 75.7 cm³/mol. The molecule has 0 saturated carbocycles. The number of nitrogens with one attached hydrogen (secondary N) is 1. The van der Waals surface area contributed by atoms with Crippen LogP contribution in [0.3, 0.4) is 0 Å². The van der Waals surface area contributed by atoms with Crippen LogP contribution >= 0.6 is 23.2 Å². The minimum Gasteiger partial charge on any atom is -0.491 e. The van der Waals surface area contributed by atoms with Crippen LogP contribution in [0.4, 0.5) is 0 Å². The van der Waals surface area contributed by atoms with Gasteiger partial charge in [0.2, 0.25) is 0 Å². The van der Waals surface area contributed by atoms with Gasteiger partial charge in [-0.05, 0) is 30.7 Å². The molecule has 0 aliphatic carbocycles. The minimum absolute atomic E-state index is 0.210. The third-order valence-electron chi connectivity index (χ3n) is 2.21. The van der Waals surface area contributed by atoms with Gasteiger partial charge in [-0.15, -0.1) is 0 Å². The third-order valence-corrected chi connectivity index (χ3v) is 2.65. The fraction of sp³-hybridized carbons (Fsp3) is 0.538. The summed E-state index contributed by atoms with van der Waals surface area (Å²) in [4.78, 5) is 0. The molecule has 1 unspecified atom stereocenters. The molecule has 0 aromatic heterocycles. The molecular weight excluding hydrogens is 273 g/mol. The van der Waals surface area contributed by atoms with Crippen molar-refractivity contribution in [2.45, 2.75) is 20.0 Å². The normalized spacial score (nSPS) is 12.8. The predicted octanol–water partition coefficient (Wildman–Crippen LogP) is 2.98. The lowest BCUT2D eigenvalue weighted by atomic mass is 10.2. The fourth-order valence-corrected chi connectivity index (χ4v) is 1.91. The Labute approximate surface area is 118 Å². The molecule has 3 nitrogen and oxygen atoms in total. The summed E-state index contributed by atoms with van der Waals surface area (Å²) in [6.07, 6.45) is -0.554. The molecule has 0 spiro atoms. The standard InChI is InChI=1S/C13H19Cl2NO2/c1-9(2)6-16-7-12(17)8-18-13-4-10(14)3-11(15)5-13/h3-5,9,12,16-17H,6-8H2,1-2H3. The molecule has 0 aliphatic heterocycles. The van der Waals surface area contributed by atoms with Crippen LogP contribution in [-0.2, 0) is 0 Å². The fourth-order valence-electron chi connectivity index (χ4n) is 1.40. The molecule has 0 amide bonds. The van der Waals surface area contributed by atoms with Crippen molar-refractivity contribution in [2.24, 2.45) is 5.92 Å². The monoisotopic (exact) mass is 291 g/mol. The van der Waals surface area contributed by atoms with Gasteiger partial charge in [0, 0.05) is 16.6 Å². The number of benzene rings is 1. The zero-order valence-electron chi connectivity index (χ0n) is 10.6. The zero-order chi connectivity index (χ0) is 13.5. The number of hydrogen-bond donors (Lipinski definition) is 2. The van der Waals surface area contributed by atoms with Crippen molar-refractivity contribution in [1.29, 1.82) is 0 Å². The van der Waals surface area contributed by atoms with Gasteiger partial charge in [0.15, 0.2) is 0 Å². The summed E-state index contributed by atoms with van der Waals surface area (Å²) < 4.78 is 5.43. The molecule has 2 N–H and O–H groups in total. The second-order valence-electron chi connectivity index (χ2n) is 4.62. The van der Waals surface area contributed by atoms with Crippen molar-refractivity contribution in [3.8, 4) is 5.75 Å². The Kier molecular flexibility index (Phi) is 6.79. The van der Waals surface area contributed by atoms with Crippen molar-refractivity contribution in [1.82, 2.24) is 5.32 Å². The third kappa shape index (κ3) is 6.45. The van der Waals surface area contributed by atoms with Crippen LogP contribution in [-0.4, -0.2) is 30.9 Å². The van der Waals surface area contributed by atoms with Gasteiger partial charge in [-0.25, -0.2) is 0 Å². The Morgan fingerprint density at radius 1 is 1.17 bits per heavy atom. The SMILES string of the molecule is CC(C)CNCC(O)COc1cc(Cl)cc(Cl)c1. The van der Waals surface area contributed by atoms with E-state index >= 15 is 0 Å². The maximum atomic E-state index is 9.71. The Morgan fingerprint density at radius 3 is 2.33 bits per heavy atom. The molecule has 0 aliphatic rings. The number of aliphatic hydroxyl groups is 1. The summed E-state index contributed by atoms with van der Waals surface area (Å²) in [6, 6.07) is 4.97. The highest BCUT2D eigenvalue weighted by atomic mass is 35.5. The Bertz CT molecular complexity index is 352. The summed E-state index contributed by atoms with van der Waals surface area (Å²) in [5, 5.41) is 13.9. The van der Waals surface area contributed by atoms with Gasteiger partial charge in [0.05, 0.1) is 0 Å². The largest absolute Gasteiger partial charge is 0.491 e. The van der Waals surface area contributed by atoms with Crippen LogP contribution in [0.15, 0.2) is 18.2 Å². The van der Waals surface area contributed by atoms with Crippen LogP contribution in [0, 0.1) is 5.92 Å². The lowest BCUT2D eigenvalue weighted by molar-refractivity contribution is 0.106. The molecule has 0 radical (unpaired) electrons. The van der Waals surface area contributed by atoms with E-state index in [-0.39, 0.29) is 6.61 Å². The highest BCUT2D eigenvalue weighted by molar-refractivity contribution is 6.34. The van der Waals surface area contributed by atoms with Gasteiger partial charge in [-0.3, -0.25) is 0 Å². The molecule has 0 heterocycles. The minimum atomic E-state index is -0.554. The van der Waals surface area contributed by atoms with Crippen LogP contribution in [0.5, 0.6) is 5.75 Å². The second kappa shape index (κ2) is 7.85. The van der Waals surface area contributed by atoms with E-state index in [9.17, 15) is 5.11 Å². The van der Waals surface area contributed by atoms with E-state index in [1.54, 1.807) is 18.2 Å². The Balaban J connectivity index is 2.31. The average Bonchev–Trinajstić information content (AvgIpc) is 2.24. The molecule has 1 rings (SSSR count). The number of aliphatic hydroxyl groups excluding tert-OH is 1. The molecular formula is C13H19Cl2NO2. The summed E-state index contributed by atoms with van der Waals surface area (Å²) in [5.41, 5.74) is 0. The van der Waals surface area contributed by atoms with E-state index in [4.69, 9.17) is 27.9 Å². The quantitative estimate of drug-likeness (QED) is 0.812. The number of hydrogen-bond acceptors (Lipinski definition) is 3. The van der Waals surface area contributed by atoms with E-state index < -0.39 is 6.10 Å². The maximum Gasteiger partial charge on any atom is 0.122 e. The first-order valence-corrected chi connectivity index (χ1v) is 6.70. The number of rotatable bonds is 7. The summed E-state index contributed by atoms with van der Waals surface area (Å²) in [6.45, 7) is 5.82. The first-order chi connectivity index (χ1) is 8.47. The number of halogens is 2. The van der Waals surface area contributed by atoms with Gasteiger partial charge in [-0.1, -0.05) is 37.0 Å². The van der Waals surface area contributed by atoms with Crippen LogP contribution in [0.2, 0.25) is 10.0 Å². The molecule has 0 fully saturated rings. The van der Waals surface area contributed by atoms with E-state index in [0.29, 0.717) is 28.3 Å². The highest BCUT2D eigenvalue weighted by Crippen LogP contribution is 2.24. The molecule has 18 heavy (non-hydrogen) atoms. The van der Waals surface area contributed by atoms with Crippen molar-refractivity contribution in [3.63, 3.8) is 0 Å². The van der Waals surface area contributed by atoms with Crippen molar-refractivity contribution >= 4 is 23.2 Å². The van der Waals surface area contributed by atoms with Crippen molar-refractivity contribution in [3.05, 3.63) is 28.2 Å². The lowest BCUT2D eigenvalue weighted by Gasteiger charge is -2.14. The van der Waals surface area contributed by atoms with E-state index in [0.717, 1.165) is 6.54 Å². The Morgan fingerprint density at radius 2 is 1.78 bits per heavy atom. The first-order valence-electron chi connectivity index (χ1n) is 5.95. The molecule has 1 aromatic carbocycles. The second-order valence-corrected chi connectivity index (χ2v) is 5.49. The zero-order valence-corrected chi connectivity index (χ0v) is 12.1. The molecule has 1 aromatic rings. The highest BCUT2D eigenvalue weighted by Gasteiger charge is 2.06. The lowest BCUT2D eigenvalue weighted by Crippen LogP contribution is -2.33. The summed E-state index contributed by atoms with van der Waals surface area (Å²) >= 11 is 11.7. The van der Waals surface area contributed by atoms with Crippen molar-refractivity contribution in [2.75, 3.05) is 19.7 Å². The van der Waals surface area contributed by atoms with Crippen molar-refractivity contribution < 1.29 is 9.84 Å². The Hall–Kier alpha value is -0.480. The van der Waals surface area contributed by atoms with Gasteiger partial charge in [0.25, 0.3) is 0 Å². The van der Waals surface area contributed by atoms with E-state index in [2.05, 4.69) is 19.2 Å². The van der Waals surface area contributed by atoms with E-state index in [1.807, 2.05) is 0 Å². The van der Waals surface area contributed by atoms with Gasteiger partial charge < -0.3 is 15.2 Å². The summed E-state index contributed by atoms with van der Waals surface area (Å²) in [5.74, 6) is 1.13. The number of ether oxygens (including phenoxy) is 1. The molecule has 1 atom stereocenters. The molecule has 0 bridgehead atoms.